The minimum absolute atomic E-state index is 0.0361. The fourth-order valence-electron chi connectivity index (χ4n) is 2.39. The lowest BCUT2D eigenvalue weighted by atomic mass is 9.87. The molecule has 2 amide bonds. The first-order valence-corrected chi connectivity index (χ1v) is 9.99. The van der Waals surface area contributed by atoms with Gasteiger partial charge < -0.3 is 15.4 Å². The Morgan fingerprint density at radius 1 is 1.04 bits per heavy atom. The summed E-state index contributed by atoms with van der Waals surface area (Å²) >= 11 is 3.50. The predicted octanol–water partition coefficient (Wildman–Crippen LogP) is 5.36. The summed E-state index contributed by atoms with van der Waals surface area (Å²) in [6.45, 7) is 9.95. The molecule has 0 fully saturated rings. The van der Waals surface area contributed by atoms with Crippen molar-refractivity contribution in [2.24, 2.45) is 5.92 Å². The third-order valence-corrected chi connectivity index (χ3v) is 4.71. The Balaban J connectivity index is 1.95. The van der Waals surface area contributed by atoms with Gasteiger partial charge in [0.1, 0.15) is 5.75 Å². The van der Waals surface area contributed by atoms with Gasteiger partial charge in [0.05, 0.1) is 4.47 Å². The molecule has 0 aromatic heterocycles. The number of amides is 2. The second-order valence-corrected chi connectivity index (χ2v) is 8.81. The van der Waals surface area contributed by atoms with Gasteiger partial charge in [0, 0.05) is 17.3 Å². The molecular formula is C22H27BrN2O3. The monoisotopic (exact) mass is 446 g/mol. The lowest BCUT2D eigenvalue weighted by Crippen LogP contribution is -2.21. The van der Waals surface area contributed by atoms with Crippen LogP contribution < -0.4 is 15.4 Å². The second kappa shape index (κ2) is 9.24. The number of carbonyl (C=O) groups excluding carboxylic acids is 2. The van der Waals surface area contributed by atoms with Crippen molar-refractivity contribution in [1.29, 1.82) is 0 Å². The summed E-state index contributed by atoms with van der Waals surface area (Å²) in [6, 6.07) is 12.9. The Labute approximate surface area is 175 Å². The van der Waals surface area contributed by atoms with E-state index in [0.29, 0.717) is 17.1 Å². The number of anilines is 2. The summed E-state index contributed by atoms with van der Waals surface area (Å²) in [4.78, 5) is 24.0. The van der Waals surface area contributed by atoms with E-state index in [1.807, 2.05) is 32.0 Å². The first kappa shape index (κ1) is 22.0. The molecule has 0 heterocycles. The minimum Gasteiger partial charge on any atom is -0.483 e. The fraction of sp³-hybridized carbons (Fsp3) is 0.364. The van der Waals surface area contributed by atoms with E-state index in [9.17, 15) is 9.59 Å². The van der Waals surface area contributed by atoms with Gasteiger partial charge in [-0.1, -0.05) is 46.8 Å². The van der Waals surface area contributed by atoms with Gasteiger partial charge in [-0.2, -0.15) is 0 Å². The number of nitrogens with one attached hydrogen (secondary N) is 2. The predicted molar refractivity (Wildman–Crippen MR) is 117 cm³/mol. The van der Waals surface area contributed by atoms with Crippen LogP contribution in [0.2, 0.25) is 0 Å². The fourth-order valence-corrected chi connectivity index (χ4v) is 2.88. The molecule has 6 heteroatoms. The van der Waals surface area contributed by atoms with Crippen molar-refractivity contribution in [3.8, 4) is 5.75 Å². The van der Waals surface area contributed by atoms with Crippen LogP contribution in [0.25, 0.3) is 0 Å². The van der Waals surface area contributed by atoms with Gasteiger partial charge in [0.15, 0.2) is 6.61 Å². The quantitative estimate of drug-likeness (QED) is 0.627. The van der Waals surface area contributed by atoms with E-state index in [2.05, 4.69) is 47.3 Å². The highest BCUT2D eigenvalue weighted by Gasteiger charge is 2.16. The Morgan fingerprint density at radius 3 is 2.25 bits per heavy atom. The molecule has 0 saturated carbocycles. The molecule has 0 aliphatic heterocycles. The molecule has 0 saturated heterocycles. The van der Waals surface area contributed by atoms with E-state index in [-0.39, 0.29) is 29.8 Å². The van der Waals surface area contributed by atoms with Gasteiger partial charge >= 0.3 is 0 Å². The molecule has 0 unspecified atom stereocenters. The van der Waals surface area contributed by atoms with Crippen molar-refractivity contribution < 1.29 is 14.3 Å². The average molecular weight is 447 g/mol. The van der Waals surface area contributed by atoms with E-state index in [0.717, 1.165) is 4.47 Å². The zero-order valence-electron chi connectivity index (χ0n) is 16.9. The van der Waals surface area contributed by atoms with Crippen molar-refractivity contribution in [3.63, 3.8) is 0 Å². The summed E-state index contributed by atoms with van der Waals surface area (Å²) < 4.78 is 6.45. The van der Waals surface area contributed by atoms with Crippen molar-refractivity contribution in [2.45, 2.75) is 40.0 Å². The van der Waals surface area contributed by atoms with Crippen LogP contribution in [0.3, 0.4) is 0 Å². The maximum Gasteiger partial charge on any atom is 0.262 e. The average Bonchev–Trinajstić information content (AvgIpc) is 2.60. The van der Waals surface area contributed by atoms with E-state index in [1.54, 1.807) is 24.3 Å². The third kappa shape index (κ3) is 6.37. The van der Waals surface area contributed by atoms with Gasteiger partial charge in [-0.15, -0.1) is 0 Å². The smallest absolute Gasteiger partial charge is 0.262 e. The van der Waals surface area contributed by atoms with E-state index < -0.39 is 0 Å². The lowest BCUT2D eigenvalue weighted by molar-refractivity contribution is -0.119. The molecule has 28 heavy (non-hydrogen) atoms. The van der Waals surface area contributed by atoms with Gasteiger partial charge in [-0.3, -0.25) is 9.59 Å². The SMILES string of the molecule is CC(C)C(=O)Nc1cccc(NC(=O)COc2ccc(C(C)(C)C)cc2Br)c1. The summed E-state index contributed by atoms with van der Waals surface area (Å²) in [7, 11) is 0. The van der Waals surface area contributed by atoms with Gasteiger partial charge in [0.2, 0.25) is 5.91 Å². The van der Waals surface area contributed by atoms with Gasteiger partial charge in [-0.05, 0) is 57.2 Å². The molecule has 0 radical (unpaired) electrons. The third-order valence-electron chi connectivity index (χ3n) is 4.09. The standard InChI is InChI=1S/C22H27BrN2O3/c1-14(2)21(27)25-17-8-6-7-16(12-17)24-20(26)13-28-19-10-9-15(11-18(19)23)22(3,4)5/h6-12,14H,13H2,1-5H3,(H,24,26)(H,25,27). The first-order valence-electron chi connectivity index (χ1n) is 9.20. The topological polar surface area (TPSA) is 67.4 Å². The van der Waals surface area contributed by atoms with Crippen LogP contribution in [0.1, 0.15) is 40.2 Å². The number of rotatable bonds is 6. The summed E-state index contributed by atoms with van der Waals surface area (Å²) in [5.41, 5.74) is 2.45. The van der Waals surface area contributed by atoms with Gasteiger partial charge in [0.25, 0.3) is 5.91 Å². The summed E-state index contributed by atoms with van der Waals surface area (Å²) in [6.07, 6.45) is 0. The summed E-state index contributed by atoms with van der Waals surface area (Å²) in [5, 5.41) is 5.59. The molecule has 0 bridgehead atoms. The number of carbonyl (C=O) groups is 2. The van der Waals surface area contributed by atoms with Crippen LogP contribution in [0.15, 0.2) is 46.9 Å². The van der Waals surface area contributed by atoms with Crippen molar-refractivity contribution in [2.75, 3.05) is 17.2 Å². The highest BCUT2D eigenvalue weighted by atomic mass is 79.9. The van der Waals surface area contributed by atoms with Crippen LogP contribution in [0.5, 0.6) is 5.75 Å². The summed E-state index contributed by atoms with van der Waals surface area (Å²) in [5.74, 6) is 0.144. The van der Waals surface area contributed by atoms with E-state index >= 15 is 0 Å². The number of hydrogen-bond acceptors (Lipinski definition) is 3. The van der Waals surface area contributed by atoms with Crippen LogP contribution in [-0.2, 0) is 15.0 Å². The Kier molecular flexibility index (Phi) is 7.24. The number of hydrogen-bond donors (Lipinski definition) is 2. The molecule has 0 spiro atoms. The maximum atomic E-state index is 12.2. The van der Waals surface area contributed by atoms with E-state index in [1.165, 1.54) is 5.56 Å². The second-order valence-electron chi connectivity index (χ2n) is 7.96. The van der Waals surface area contributed by atoms with Crippen molar-refractivity contribution in [3.05, 3.63) is 52.5 Å². The molecule has 2 rings (SSSR count). The van der Waals surface area contributed by atoms with Crippen LogP contribution >= 0.6 is 15.9 Å². The van der Waals surface area contributed by atoms with Gasteiger partial charge in [-0.25, -0.2) is 0 Å². The van der Waals surface area contributed by atoms with Crippen molar-refractivity contribution >= 4 is 39.1 Å². The highest BCUT2D eigenvalue weighted by Crippen LogP contribution is 2.31. The van der Waals surface area contributed by atoms with Crippen LogP contribution in [0, 0.1) is 5.92 Å². The normalized spacial score (nSPS) is 11.2. The largest absolute Gasteiger partial charge is 0.483 e. The molecule has 150 valence electrons. The molecule has 0 aliphatic rings. The molecule has 0 aliphatic carbocycles. The van der Waals surface area contributed by atoms with Crippen LogP contribution in [-0.4, -0.2) is 18.4 Å². The lowest BCUT2D eigenvalue weighted by Gasteiger charge is -2.20. The number of benzene rings is 2. The highest BCUT2D eigenvalue weighted by molar-refractivity contribution is 9.10. The Bertz CT molecular complexity index is 857. The first-order chi connectivity index (χ1) is 13.1. The molecule has 0 atom stereocenters. The maximum absolute atomic E-state index is 12.2. The van der Waals surface area contributed by atoms with E-state index in [4.69, 9.17) is 4.74 Å². The van der Waals surface area contributed by atoms with Crippen LogP contribution in [0.4, 0.5) is 11.4 Å². The number of ether oxygens (including phenoxy) is 1. The zero-order chi connectivity index (χ0) is 20.9. The molecule has 2 aromatic carbocycles. The Morgan fingerprint density at radius 2 is 1.68 bits per heavy atom. The molecular weight excluding hydrogens is 420 g/mol. The van der Waals surface area contributed by atoms with Crippen molar-refractivity contribution in [1.82, 2.24) is 0 Å². The minimum atomic E-state index is -0.279. The molecule has 2 N–H and O–H groups in total. The molecule has 2 aromatic rings. The molecule has 5 nitrogen and oxygen atoms in total. The Hall–Kier alpha value is -2.34. The number of halogens is 1. The zero-order valence-corrected chi connectivity index (χ0v) is 18.5.